The molecule has 0 bridgehead atoms. The van der Waals surface area contributed by atoms with Gasteiger partial charge in [0.1, 0.15) is 12.4 Å². The van der Waals surface area contributed by atoms with Crippen molar-refractivity contribution in [3.63, 3.8) is 0 Å². The number of anilines is 1. The molecule has 5 heteroatoms. The Bertz CT molecular complexity index is 956. The minimum absolute atomic E-state index is 0.587. The Morgan fingerprint density at radius 2 is 1.97 bits per heavy atom. The van der Waals surface area contributed by atoms with Gasteiger partial charge in [0.25, 0.3) is 0 Å². The third-order valence-electron chi connectivity index (χ3n) is 5.27. The van der Waals surface area contributed by atoms with Crippen molar-refractivity contribution in [1.29, 1.82) is 0 Å². The monoisotopic (exact) mass is 405 g/mol. The molecule has 2 N–H and O–H groups in total. The van der Waals surface area contributed by atoms with Gasteiger partial charge in [-0.1, -0.05) is 48.6 Å². The van der Waals surface area contributed by atoms with Gasteiger partial charge in [-0.3, -0.25) is 4.90 Å². The lowest BCUT2D eigenvalue weighted by Gasteiger charge is -2.17. The molecule has 1 aliphatic rings. The molecule has 0 spiro atoms. The molecule has 150 valence electrons. The molecule has 3 aromatic rings. The number of aromatic nitrogens is 1. The molecule has 0 amide bonds. The van der Waals surface area contributed by atoms with E-state index >= 15 is 0 Å². The Hall–Kier alpha value is -2.63. The molecule has 0 saturated carbocycles. The van der Waals surface area contributed by atoms with Crippen LogP contribution >= 0.6 is 11.3 Å². The smallest absolute Gasteiger partial charge is 0.180 e. The van der Waals surface area contributed by atoms with E-state index in [4.69, 9.17) is 10.5 Å². The number of nitrogen functional groups attached to an aromatic ring is 1. The van der Waals surface area contributed by atoms with Gasteiger partial charge < -0.3 is 10.5 Å². The van der Waals surface area contributed by atoms with Crippen molar-refractivity contribution in [2.75, 3.05) is 25.4 Å². The Balaban J connectivity index is 1.33. The number of rotatable bonds is 6. The maximum atomic E-state index is 5.98. The zero-order valence-electron chi connectivity index (χ0n) is 16.8. The fraction of sp³-hybridized carbons (Fsp3) is 0.292. The summed E-state index contributed by atoms with van der Waals surface area (Å²) in [5, 5.41) is 0.702. The lowest BCUT2D eigenvalue weighted by molar-refractivity contribution is 0.306. The van der Waals surface area contributed by atoms with Crippen LogP contribution in [0.4, 0.5) is 5.13 Å². The Morgan fingerprint density at radius 3 is 2.83 bits per heavy atom. The van der Waals surface area contributed by atoms with E-state index in [1.807, 2.05) is 24.3 Å². The highest BCUT2D eigenvalue weighted by Gasteiger charge is 2.16. The summed E-state index contributed by atoms with van der Waals surface area (Å²) in [5.41, 5.74) is 10.7. The van der Waals surface area contributed by atoms with E-state index in [2.05, 4.69) is 53.2 Å². The first-order valence-electron chi connectivity index (χ1n) is 10.1. The molecule has 1 aliphatic heterocycles. The average molecular weight is 406 g/mol. The highest BCUT2D eigenvalue weighted by molar-refractivity contribution is 7.15. The Kier molecular flexibility index (Phi) is 6.27. The van der Waals surface area contributed by atoms with Crippen molar-refractivity contribution in [1.82, 2.24) is 9.88 Å². The first kappa shape index (κ1) is 19.7. The number of ether oxygens (including phenoxy) is 1. The van der Waals surface area contributed by atoms with Crippen molar-refractivity contribution < 1.29 is 4.74 Å². The quantitative estimate of drug-likeness (QED) is 0.644. The number of nitrogens with two attached hydrogens (primary N) is 1. The van der Waals surface area contributed by atoms with E-state index in [-0.39, 0.29) is 0 Å². The van der Waals surface area contributed by atoms with E-state index in [1.165, 1.54) is 27.3 Å². The molecule has 1 aromatic heterocycles. The Morgan fingerprint density at radius 1 is 1.14 bits per heavy atom. The predicted octanol–water partition coefficient (Wildman–Crippen LogP) is 4.73. The summed E-state index contributed by atoms with van der Waals surface area (Å²) in [6, 6.07) is 16.6. The molecule has 2 aromatic carbocycles. The molecule has 0 atom stereocenters. The molecule has 4 nitrogen and oxygen atoms in total. The van der Waals surface area contributed by atoms with Gasteiger partial charge in [0, 0.05) is 30.9 Å². The van der Waals surface area contributed by atoms with Crippen molar-refractivity contribution in [2.24, 2.45) is 0 Å². The standard InChI is InChI=1S/C24H27N3OS/c1-18-9-10-21(28-17-19-6-3-2-4-7-19)16-20(18)8-5-13-27-14-11-22-23(12-15-27)29-24(25)26-22/h2-10,16H,11-15,17H2,1H3,(H2,25,26)/b8-5+. The third-order valence-corrected chi connectivity index (χ3v) is 6.26. The number of thiazole rings is 1. The molecule has 0 unspecified atom stereocenters. The normalized spacial score (nSPS) is 14.7. The zero-order valence-corrected chi connectivity index (χ0v) is 17.6. The fourth-order valence-corrected chi connectivity index (χ4v) is 4.44. The van der Waals surface area contributed by atoms with Gasteiger partial charge >= 0.3 is 0 Å². The number of benzene rings is 2. The van der Waals surface area contributed by atoms with Gasteiger partial charge in [-0.25, -0.2) is 4.98 Å². The second-order valence-electron chi connectivity index (χ2n) is 7.42. The summed E-state index contributed by atoms with van der Waals surface area (Å²) in [4.78, 5) is 8.30. The van der Waals surface area contributed by atoms with E-state index in [9.17, 15) is 0 Å². The van der Waals surface area contributed by atoms with Crippen LogP contribution in [0.5, 0.6) is 5.75 Å². The highest BCUT2D eigenvalue weighted by atomic mass is 32.1. The second kappa shape index (κ2) is 9.25. The number of fused-ring (bicyclic) bond motifs is 1. The average Bonchev–Trinajstić information content (AvgIpc) is 2.99. The number of hydrogen-bond donors (Lipinski definition) is 1. The van der Waals surface area contributed by atoms with Gasteiger partial charge in [-0.2, -0.15) is 0 Å². The van der Waals surface area contributed by atoms with Crippen molar-refractivity contribution in [3.8, 4) is 5.75 Å². The van der Waals surface area contributed by atoms with Gasteiger partial charge in [0.05, 0.1) is 5.69 Å². The number of aryl methyl sites for hydroxylation is 1. The number of hydrogen-bond acceptors (Lipinski definition) is 5. The van der Waals surface area contributed by atoms with Crippen LogP contribution in [0.15, 0.2) is 54.6 Å². The van der Waals surface area contributed by atoms with Gasteiger partial charge in [-0.05, 0) is 42.2 Å². The van der Waals surface area contributed by atoms with Crippen LogP contribution in [0, 0.1) is 6.92 Å². The molecule has 29 heavy (non-hydrogen) atoms. The van der Waals surface area contributed by atoms with Crippen molar-refractivity contribution in [2.45, 2.75) is 26.4 Å². The summed E-state index contributed by atoms with van der Waals surface area (Å²) < 4.78 is 5.98. The molecular weight excluding hydrogens is 378 g/mol. The van der Waals surface area contributed by atoms with Crippen LogP contribution in [0.25, 0.3) is 6.08 Å². The van der Waals surface area contributed by atoms with Crippen molar-refractivity contribution >= 4 is 22.5 Å². The third kappa shape index (κ3) is 5.25. The topological polar surface area (TPSA) is 51.4 Å². The van der Waals surface area contributed by atoms with Crippen LogP contribution in [-0.4, -0.2) is 29.5 Å². The van der Waals surface area contributed by atoms with E-state index < -0.39 is 0 Å². The molecule has 0 radical (unpaired) electrons. The molecule has 0 saturated heterocycles. The van der Waals surface area contributed by atoms with Crippen molar-refractivity contribution in [3.05, 3.63) is 81.9 Å². The van der Waals surface area contributed by atoms with Gasteiger partial charge in [-0.15, -0.1) is 11.3 Å². The van der Waals surface area contributed by atoms with Crippen LogP contribution in [0.1, 0.15) is 27.3 Å². The summed E-state index contributed by atoms with van der Waals surface area (Å²) in [6.07, 6.45) is 6.49. The molecular formula is C24H27N3OS. The molecule has 0 aliphatic carbocycles. The van der Waals surface area contributed by atoms with Crippen LogP contribution in [-0.2, 0) is 19.4 Å². The molecule has 4 rings (SSSR count). The van der Waals surface area contributed by atoms with E-state index in [0.717, 1.165) is 38.2 Å². The minimum Gasteiger partial charge on any atom is -0.489 e. The van der Waals surface area contributed by atoms with Gasteiger partial charge in [0.2, 0.25) is 0 Å². The fourth-order valence-electron chi connectivity index (χ4n) is 3.57. The Labute approximate surface area is 176 Å². The number of nitrogens with zero attached hydrogens (tertiary/aromatic N) is 2. The lowest BCUT2D eigenvalue weighted by Crippen LogP contribution is -2.26. The van der Waals surface area contributed by atoms with Crippen LogP contribution in [0.3, 0.4) is 0 Å². The first-order chi connectivity index (χ1) is 14.2. The molecule has 2 heterocycles. The maximum absolute atomic E-state index is 5.98. The largest absolute Gasteiger partial charge is 0.489 e. The van der Waals surface area contributed by atoms with Gasteiger partial charge in [0.15, 0.2) is 5.13 Å². The summed E-state index contributed by atoms with van der Waals surface area (Å²) in [5.74, 6) is 0.905. The summed E-state index contributed by atoms with van der Waals surface area (Å²) in [7, 11) is 0. The summed E-state index contributed by atoms with van der Waals surface area (Å²) in [6.45, 7) is 5.75. The maximum Gasteiger partial charge on any atom is 0.180 e. The SMILES string of the molecule is Cc1ccc(OCc2ccccc2)cc1/C=C/CN1CCc2nc(N)sc2CC1. The van der Waals surface area contributed by atoms with E-state index in [0.29, 0.717) is 11.7 Å². The van der Waals surface area contributed by atoms with Crippen LogP contribution in [0.2, 0.25) is 0 Å². The van der Waals surface area contributed by atoms with Crippen LogP contribution < -0.4 is 10.5 Å². The predicted molar refractivity (Wildman–Crippen MR) is 121 cm³/mol. The lowest BCUT2D eigenvalue weighted by atomic mass is 10.1. The van der Waals surface area contributed by atoms with E-state index in [1.54, 1.807) is 11.3 Å². The molecule has 0 fully saturated rings. The first-order valence-corrected chi connectivity index (χ1v) is 10.9. The highest BCUT2D eigenvalue weighted by Crippen LogP contribution is 2.24. The minimum atomic E-state index is 0.587. The zero-order chi connectivity index (χ0) is 20.1. The summed E-state index contributed by atoms with van der Waals surface area (Å²) >= 11 is 1.64. The second-order valence-corrected chi connectivity index (χ2v) is 8.53.